The van der Waals surface area contributed by atoms with Gasteiger partial charge in [-0.1, -0.05) is 6.07 Å². The first kappa shape index (κ1) is 16.6. The van der Waals surface area contributed by atoms with Gasteiger partial charge in [0.15, 0.2) is 0 Å². The molecule has 0 atom stereocenters. The van der Waals surface area contributed by atoms with Crippen LogP contribution < -0.4 is 10.6 Å². The molecule has 0 saturated heterocycles. The summed E-state index contributed by atoms with van der Waals surface area (Å²) < 4.78 is 39.3. The summed E-state index contributed by atoms with van der Waals surface area (Å²) in [6, 6.07) is 10.7. The minimum Gasteiger partial charge on any atom is -0.308 e. The second-order valence-electron chi connectivity index (χ2n) is 5.17. The summed E-state index contributed by atoms with van der Waals surface area (Å²) >= 11 is 0. The van der Waals surface area contributed by atoms with Crippen LogP contribution in [0.15, 0.2) is 67.3 Å². The number of anilines is 2. The number of urea groups is 1. The van der Waals surface area contributed by atoms with Gasteiger partial charge in [0.2, 0.25) is 0 Å². The normalized spacial score (nSPS) is 11.2. The Labute approximate surface area is 141 Å². The molecule has 3 aromatic rings. The number of nitrogens with zero attached hydrogens (tertiary/aromatic N) is 2. The monoisotopic (exact) mass is 346 g/mol. The first-order chi connectivity index (χ1) is 11.9. The van der Waals surface area contributed by atoms with Crippen molar-refractivity contribution in [3.8, 4) is 5.69 Å². The van der Waals surface area contributed by atoms with Gasteiger partial charge >= 0.3 is 12.2 Å². The van der Waals surface area contributed by atoms with Crippen molar-refractivity contribution in [1.82, 2.24) is 9.55 Å². The van der Waals surface area contributed by atoms with E-state index in [1.54, 1.807) is 41.5 Å². The largest absolute Gasteiger partial charge is 0.416 e. The smallest absolute Gasteiger partial charge is 0.308 e. The fourth-order valence-electron chi connectivity index (χ4n) is 2.19. The van der Waals surface area contributed by atoms with E-state index in [1.165, 1.54) is 12.1 Å². The molecule has 128 valence electrons. The molecule has 0 aliphatic carbocycles. The highest BCUT2D eigenvalue weighted by atomic mass is 19.4. The minimum atomic E-state index is -4.41. The molecule has 1 heterocycles. The van der Waals surface area contributed by atoms with Gasteiger partial charge in [-0.15, -0.1) is 0 Å². The number of benzene rings is 2. The Bertz CT molecular complexity index is 858. The van der Waals surface area contributed by atoms with Crippen LogP contribution >= 0.6 is 0 Å². The predicted molar refractivity (Wildman–Crippen MR) is 87.6 cm³/mol. The minimum absolute atomic E-state index is 0.260. The van der Waals surface area contributed by atoms with Crippen LogP contribution in [0.1, 0.15) is 5.56 Å². The number of carbonyl (C=O) groups is 1. The Morgan fingerprint density at radius 1 is 1.00 bits per heavy atom. The van der Waals surface area contributed by atoms with E-state index in [2.05, 4.69) is 15.6 Å². The Balaban J connectivity index is 1.66. The molecular weight excluding hydrogens is 333 g/mol. The van der Waals surface area contributed by atoms with Gasteiger partial charge in [-0.25, -0.2) is 9.78 Å². The average Bonchev–Trinajstić information content (AvgIpc) is 3.09. The lowest BCUT2D eigenvalue weighted by Crippen LogP contribution is -2.19. The summed E-state index contributed by atoms with van der Waals surface area (Å²) in [5.41, 5.74) is 0.836. The Kier molecular flexibility index (Phi) is 4.42. The van der Waals surface area contributed by atoms with E-state index in [-0.39, 0.29) is 5.69 Å². The van der Waals surface area contributed by atoms with Crippen LogP contribution in [0, 0.1) is 0 Å². The predicted octanol–water partition coefficient (Wildman–Crippen LogP) is 4.54. The summed E-state index contributed by atoms with van der Waals surface area (Å²) in [7, 11) is 0. The van der Waals surface area contributed by atoms with Crippen LogP contribution in [-0.2, 0) is 6.18 Å². The Morgan fingerprint density at radius 2 is 1.72 bits per heavy atom. The molecule has 0 radical (unpaired) electrons. The zero-order valence-electron chi connectivity index (χ0n) is 12.8. The van der Waals surface area contributed by atoms with Gasteiger partial charge in [-0.3, -0.25) is 0 Å². The van der Waals surface area contributed by atoms with Gasteiger partial charge in [0, 0.05) is 29.5 Å². The number of rotatable bonds is 3. The highest BCUT2D eigenvalue weighted by molar-refractivity contribution is 5.99. The number of amides is 2. The molecule has 25 heavy (non-hydrogen) atoms. The number of alkyl halides is 3. The molecule has 0 spiro atoms. The molecule has 2 N–H and O–H groups in total. The van der Waals surface area contributed by atoms with Crippen LogP contribution in [0.2, 0.25) is 0 Å². The van der Waals surface area contributed by atoms with Gasteiger partial charge in [-0.05, 0) is 42.5 Å². The van der Waals surface area contributed by atoms with Crippen LogP contribution in [0.5, 0.6) is 0 Å². The zero-order chi connectivity index (χ0) is 17.9. The van der Waals surface area contributed by atoms with Crippen molar-refractivity contribution in [3.05, 3.63) is 72.8 Å². The molecule has 0 saturated carbocycles. The van der Waals surface area contributed by atoms with Crippen LogP contribution in [0.3, 0.4) is 0 Å². The number of nitrogens with one attached hydrogen (secondary N) is 2. The first-order valence-corrected chi connectivity index (χ1v) is 7.25. The number of carbonyl (C=O) groups excluding carboxylic acids is 1. The van der Waals surface area contributed by atoms with Gasteiger partial charge in [0.1, 0.15) is 0 Å². The third-order valence-electron chi connectivity index (χ3n) is 3.38. The van der Waals surface area contributed by atoms with E-state index in [0.29, 0.717) is 5.69 Å². The standard InChI is InChI=1S/C17H13F3N4O/c18-17(19,20)12-4-6-13(7-5-12)22-16(25)23-14-2-1-3-15(10-14)24-9-8-21-11-24/h1-11H,(H2,22,23,25). The fourth-order valence-corrected chi connectivity index (χ4v) is 2.19. The van der Waals surface area contributed by atoms with Crippen molar-refractivity contribution in [1.29, 1.82) is 0 Å². The third kappa shape index (κ3) is 4.17. The van der Waals surface area contributed by atoms with Crippen molar-refractivity contribution in [2.24, 2.45) is 0 Å². The van der Waals surface area contributed by atoms with E-state index < -0.39 is 17.8 Å². The number of aromatic nitrogens is 2. The van der Waals surface area contributed by atoms with E-state index in [1.807, 2.05) is 6.07 Å². The lowest BCUT2D eigenvalue weighted by Gasteiger charge is -2.11. The van der Waals surface area contributed by atoms with Crippen molar-refractivity contribution in [3.63, 3.8) is 0 Å². The lowest BCUT2D eigenvalue weighted by molar-refractivity contribution is -0.137. The maximum Gasteiger partial charge on any atom is 0.416 e. The number of hydrogen-bond donors (Lipinski definition) is 2. The van der Waals surface area contributed by atoms with Crippen molar-refractivity contribution >= 4 is 17.4 Å². The molecule has 8 heteroatoms. The molecule has 3 rings (SSSR count). The molecule has 2 amide bonds. The summed E-state index contributed by atoms with van der Waals surface area (Å²) in [4.78, 5) is 16.0. The molecule has 0 unspecified atom stereocenters. The van der Waals surface area contributed by atoms with Crippen molar-refractivity contribution < 1.29 is 18.0 Å². The highest BCUT2D eigenvalue weighted by Crippen LogP contribution is 2.29. The summed E-state index contributed by atoms with van der Waals surface area (Å²) in [6.45, 7) is 0. The van der Waals surface area contributed by atoms with Gasteiger partial charge < -0.3 is 15.2 Å². The molecule has 0 aliphatic heterocycles. The molecule has 0 aliphatic rings. The average molecular weight is 346 g/mol. The Hall–Kier alpha value is -3.29. The second-order valence-corrected chi connectivity index (χ2v) is 5.17. The highest BCUT2D eigenvalue weighted by Gasteiger charge is 2.29. The molecule has 5 nitrogen and oxygen atoms in total. The van der Waals surface area contributed by atoms with Crippen molar-refractivity contribution in [2.45, 2.75) is 6.18 Å². The van der Waals surface area contributed by atoms with E-state index in [9.17, 15) is 18.0 Å². The zero-order valence-corrected chi connectivity index (χ0v) is 12.8. The maximum atomic E-state index is 12.5. The summed E-state index contributed by atoms with van der Waals surface area (Å²) in [5, 5.41) is 5.12. The second kappa shape index (κ2) is 6.68. The summed E-state index contributed by atoms with van der Waals surface area (Å²) in [6.07, 6.45) is 0.620. The SMILES string of the molecule is O=C(Nc1ccc(C(F)(F)F)cc1)Nc1cccc(-n2ccnc2)c1. The van der Waals surface area contributed by atoms with Crippen LogP contribution in [0.25, 0.3) is 5.69 Å². The van der Waals surface area contributed by atoms with E-state index in [0.717, 1.165) is 17.8 Å². The van der Waals surface area contributed by atoms with Gasteiger partial charge in [-0.2, -0.15) is 13.2 Å². The number of halogens is 3. The molecule has 2 aromatic carbocycles. The number of hydrogen-bond acceptors (Lipinski definition) is 2. The summed E-state index contributed by atoms with van der Waals surface area (Å²) in [5.74, 6) is 0. The van der Waals surface area contributed by atoms with Gasteiger partial charge in [0.05, 0.1) is 11.9 Å². The first-order valence-electron chi connectivity index (χ1n) is 7.25. The fraction of sp³-hybridized carbons (Fsp3) is 0.0588. The topological polar surface area (TPSA) is 59.0 Å². The van der Waals surface area contributed by atoms with E-state index >= 15 is 0 Å². The van der Waals surface area contributed by atoms with E-state index in [4.69, 9.17) is 0 Å². The lowest BCUT2D eigenvalue weighted by atomic mass is 10.2. The van der Waals surface area contributed by atoms with Crippen LogP contribution in [0.4, 0.5) is 29.3 Å². The molecule has 0 fully saturated rings. The molecular formula is C17H13F3N4O. The van der Waals surface area contributed by atoms with Gasteiger partial charge in [0.25, 0.3) is 0 Å². The maximum absolute atomic E-state index is 12.5. The molecule has 0 bridgehead atoms. The van der Waals surface area contributed by atoms with Crippen molar-refractivity contribution in [2.75, 3.05) is 10.6 Å². The molecule has 1 aromatic heterocycles. The Morgan fingerprint density at radius 3 is 2.36 bits per heavy atom. The van der Waals surface area contributed by atoms with Crippen LogP contribution in [-0.4, -0.2) is 15.6 Å². The quantitative estimate of drug-likeness (QED) is 0.732. The third-order valence-corrected chi connectivity index (χ3v) is 3.38. The number of imidazole rings is 1.